The van der Waals surface area contributed by atoms with E-state index in [9.17, 15) is 4.79 Å². The van der Waals surface area contributed by atoms with Crippen LogP contribution in [0.1, 0.15) is 30.5 Å². The van der Waals surface area contributed by atoms with Gasteiger partial charge in [0.15, 0.2) is 0 Å². The molecule has 16 heavy (non-hydrogen) atoms. The Labute approximate surface area is 92.8 Å². The van der Waals surface area contributed by atoms with E-state index in [1.54, 1.807) is 12.4 Å². The van der Waals surface area contributed by atoms with Crippen LogP contribution in [-0.4, -0.2) is 25.4 Å². The highest BCUT2D eigenvalue weighted by Crippen LogP contribution is 2.18. The van der Waals surface area contributed by atoms with Crippen molar-refractivity contribution in [2.75, 3.05) is 0 Å². The molecule has 2 heterocycles. The van der Waals surface area contributed by atoms with Crippen molar-refractivity contribution in [2.45, 2.75) is 26.2 Å². The van der Waals surface area contributed by atoms with Crippen molar-refractivity contribution >= 4 is 11.7 Å². The molecule has 1 atom stereocenters. The van der Waals surface area contributed by atoms with Crippen molar-refractivity contribution in [2.24, 2.45) is 0 Å². The average molecular weight is 219 g/mol. The minimum atomic E-state index is -0.796. The number of hydrogen-bond acceptors (Lipinski definition) is 3. The zero-order chi connectivity index (χ0) is 11.7. The van der Waals surface area contributed by atoms with Crippen LogP contribution < -0.4 is 0 Å². The second kappa shape index (κ2) is 3.92. The lowest BCUT2D eigenvalue weighted by molar-refractivity contribution is -0.137. The summed E-state index contributed by atoms with van der Waals surface area (Å²) in [6, 6.07) is 0. The number of fused-ring (bicyclic) bond motifs is 1. The summed E-state index contributed by atoms with van der Waals surface area (Å²) in [6.07, 6.45) is 5.45. The number of carboxylic acids is 1. The number of carbonyl (C=O) groups is 1. The smallest absolute Gasteiger partial charge is 0.303 e. The third-order valence-corrected chi connectivity index (χ3v) is 2.62. The average Bonchev–Trinajstić information content (AvgIpc) is 2.59. The zero-order valence-electron chi connectivity index (χ0n) is 9.21. The third-order valence-electron chi connectivity index (χ3n) is 2.62. The quantitative estimate of drug-likeness (QED) is 0.851. The second-order valence-electron chi connectivity index (χ2n) is 3.96. The van der Waals surface area contributed by atoms with E-state index >= 15 is 0 Å². The van der Waals surface area contributed by atoms with Crippen LogP contribution in [0.2, 0.25) is 0 Å². The molecule has 0 spiro atoms. The molecule has 0 aliphatic rings. The van der Waals surface area contributed by atoms with Crippen molar-refractivity contribution in [3.63, 3.8) is 0 Å². The molecule has 0 radical (unpaired) electrons. The summed E-state index contributed by atoms with van der Waals surface area (Å²) >= 11 is 0. The molecule has 5 heteroatoms. The van der Waals surface area contributed by atoms with Gasteiger partial charge in [0.05, 0.1) is 12.6 Å². The van der Waals surface area contributed by atoms with Crippen LogP contribution in [0, 0.1) is 6.92 Å². The van der Waals surface area contributed by atoms with Crippen LogP contribution in [0.4, 0.5) is 0 Å². The minimum absolute atomic E-state index is 0.0452. The van der Waals surface area contributed by atoms with E-state index in [-0.39, 0.29) is 12.3 Å². The molecule has 1 unspecified atom stereocenters. The van der Waals surface area contributed by atoms with E-state index in [0.29, 0.717) is 5.78 Å². The largest absolute Gasteiger partial charge is 0.481 e. The first-order chi connectivity index (χ1) is 7.58. The molecule has 2 rings (SSSR count). The molecule has 0 aromatic carbocycles. The van der Waals surface area contributed by atoms with Crippen LogP contribution in [0.25, 0.3) is 5.78 Å². The molecule has 0 saturated heterocycles. The Morgan fingerprint density at radius 1 is 1.50 bits per heavy atom. The predicted octanol–water partition coefficient (Wildman–Crippen LogP) is 1.62. The standard InChI is InChI=1S/C11H13N3O2/c1-7(3-10(15)16)9-5-13-11-12-4-8(2)14(11)6-9/h4-7H,3H2,1-2H3,(H,15,16). The van der Waals surface area contributed by atoms with E-state index in [2.05, 4.69) is 9.97 Å². The van der Waals surface area contributed by atoms with Crippen LogP contribution in [0.5, 0.6) is 0 Å². The van der Waals surface area contributed by atoms with E-state index in [4.69, 9.17) is 5.11 Å². The summed E-state index contributed by atoms with van der Waals surface area (Å²) in [5.74, 6) is -0.199. The molecular weight excluding hydrogens is 206 g/mol. The fourth-order valence-electron chi connectivity index (χ4n) is 1.64. The molecule has 0 fully saturated rings. The number of hydrogen-bond donors (Lipinski definition) is 1. The summed E-state index contributed by atoms with van der Waals surface area (Å²) in [6.45, 7) is 3.82. The Hall–Kier alpha value is -1.91. The molecule has 2 aromatic heterocycles. The maximum Gasteiger partial charge on any atom is 0.303 e. The Kier molecular flexibility index (Phi) is 2.60. The van der Waals surface area contributed by atoms with Gasteiger partial charge in [0.2, 0.25) is 5.78 Å². The Morgan fingerprint density at radius 3 is 2.88 bits per heavy atom. The van der Waals surface area contributed by atoms with Gasteiger partial charge in [-0.2, -0.15) is 0 Å². The first kappa shape index (κ1) is 10.6. The van der Waals surface area contributed by atoms with Gasteiger partial charge in [-0.15, -0.1) is 0 Å². The molecule has 0 aliphatic carbocycles. The van der Waals surface area contributed by atoms with Crippen molar-refractivity contribution in [1.82, 2.24) is 14.4 Å². The first-order valence-electron chi connectivity index (χ1n) is 5.09. The third kappa shape index (κ3) is 1.88. The topological polar surface area (TPSA) is 67.5 Å². The summed E-state index contributed by atoms with van der Waals surface area (Å²) in [7, 11) is 0. The predicted molar refractivity (Wildman–Crippen MR) is 58.4 cm³/mol. The molecule has 0 aliphatic heterocycles. The molecule has 5 nitrogen and oxygen atoms in total. The van der Waals surface area contributed by atoms with E-state index in [1.165, 1.54) is 0 Å². The van der Waals surface area contributed by atoms with Crippen LogP contribution in [-0.2, 0) is 4.79 Å². The van der Waals surface area contributed by atoms with Gasteiger partial charge in [-0.3, -0.25) is 9.20 Å². The summed E-state index contributed by atoms with van der Waals surface area (Å²) in [5, 5.41) is 8.73. The van der Waals surface area contributed by atoms with Crippen molar-refractivity contribution in [1.29, 1.82) is 0 Å². The number of aryl methyl sites for hydroxylation is 1. The Morgan fingerprint density at radius 2 is 2.19 bits per heavy atom. The van der Waals surface area contributed by atoms with E-state index in [0.717, 1.165) is 11.3 Å². The van der Waals surface area contributed by atoms with Gasteiger partial charge < -0.3 is 5.11 Å². The second-order valence-corrected chi connectivity index (χ2v) is 3.96. The fourth-order valence-corrected chi connectivity index (χ4v) is 1.64. The van der Waals surface area contributed by atoms with Crippen molar-refractivity contribution in [3.05, 3.63) is 29.8 Å². The number of carboxylic acid groups (broad SMARTS) is 1. The summed E-state index contributed by atoms with van der Waals surface area (Å²) in [5.41, 5.74) is 1.91. The molecule has 1 N–H and O–H groups in total. The van der Waals surface area contributed by atoms with E-state index < -0.39 is 5.97 Å². The lowest BCUT2D eigenvalue weighted by Gasteiger charge is -2.09. The van der Waals surface area contributed by atoms with Gasteiger partial charge in [0.1, 0.15) is 0 Å². The minimum Gasteiger partial charge on any atom is -0.481 e. The van der Waals surface area contributed by atoms with Gasteiger partial charge in [0.25, 0.3) is 0 Å². The lowest BCUT2D eigenvalue weighted by Crippen LogP contribution is -2.05. The van der Waals surface area contributed by atoms with Gasteiger partial charge >= 0.3 is 5.97 Å². The highest BCUT2D eigenvalue weighted by molar-refractivity contribution is 5.67. The Balaban J connectivity index is 2.38. The molecule has 0 bridgehead atoms. The van der Waals surface area contributed by atoms with Gasteiger partial charge in [0, 0.05) is 18.1 Å². The van der Waals surface area contributed by atoms with Crippen LogP contribution in [0.3, 0.4) is 0 Å². The number of nitrogens with zero attached hydrogens (tertiary/aromatic N) is 3. The monoisotopic (exact) mass is 219 g/mol. The first-order valence-corrected chi connectivity index (χ1v) is 5.09. The van der Waals surface area contributed by atoms with Crippen molar-refractivity contribution < 1.29 is 9.90 Å². The van der Waals surface area contributed by atoms with E-state index in [1.807, 2.05) is 24.4 Å². The Bertz CT molecular complexity index is 533. The number of aromatic nitrogens is 3. The van der Waals surface area contributed by atoms with Crippen LogP contribution >= 0.6 is 0 Å². The lowest BCUT2D eigenvalue weighted by atomic mass is 10.0. The normalized spacial score (nSPS) is 12.9. The SMILES string of the molecule is Cc1cnc2ncc(C(C)CC(=O)O)cn12. The molecular formula is C11H13N3O2. The zero-order valence-corrected chi connectivity index (χ0v) is 9.21. The van der Waals surface area contributed by atoms with Gasteiger partial charge in [-0.25, -0.2) is 9.97 Å². The maximum absolute atomic E-state index is 10.6. The maximum atomic E-state index is 10.6. The highest BCUT2D eigenvalue weighted by atomic mass is 16.4. The number of rotatable bonds is 3. The summed E-state index contributed by atoms with van der Waals surface area (Å²) < 4.78 is 1.87. The fraction of sp³-hybridized carbons (Fsp3) is 0.364. The van der Waals surface area contributed by atoms with Crippen molar-refractivity contribution in [3.8, 4) is 0 Å². The van der Waals surface area contributed by atoms with Crippen LogP contribution in [0.15, 0.2) is 18.6 Å². The van der Waals surface area contributed by atoms with Gasteiger partial charge in [-0.1, -0.05) is 6.92 Å². The highest BCUT2D eigenvalue weighted by Gasteiger charge is 2.12. The molecule has 2 aromatic rings. The number of imidazole rings is 1. The molecule has 84 valence electrons. The van der Waals surface area contributed by atoms with Gasteiger partial charge in [-0.05, 0) is 18.4 Å². The number of aliphatic carboxylic acids is 1. The molecule has 0 saturated carbocycles. The molecule has 0 amide bonds. The summed E-state index contributed by atoms with van der Waals surface area (Å²) in [4.78, 5) is 18.9.